The molecule has 0 amide bonds. The number of anilines is 1. The summed E-state index contributed by atoms with van der Waals surface area (Å²) in [7, 11) is 0. The van der Waals surface area contributed by atoms with E-state index < -0.39 is 17.8 Å². The zero-order valence-corrected chi connectivity index (χ0v) is 21.8. The Labute approximate surface area is 228 Å². The molecule has 9 nitrogen and oxygen atoms in total. The molecule has 0 unspecified atom stereocenters. The van der Waals surface area contributed by atoms with Crippen molar-refractivity contribution in [2.45, 2.75) is 45.3 Å². The summed E-state index contributed by atoms with van der Waals surface area (Å²) in [4.78, 5) is 29.7. The summed E-state index contributed by atoms with van der Waals surface area (Å²) in [5, 5.41) is 6.99. The second-order valence-corrected chi connectivity index (χ2v) is 9.28. The number of aryl methyl sites for hydroxylation is 1. The number of benzene rings is 1. The van der Waals surface area contributed by atoms with Gasteiger partial charge in [-0.15, -0.1) is 0 Å². The molecule has 3 aromatic heterocycles. The third-order valence-electron chi connectivity index (χ3n) is 6.27. The molecule has 1 aliphatic rings. The molecular formula is C28H26F3N7O2. The van der Waals surface area contributed by atoms with Crippen LogP contribution in [0.3, 0.4) is 0 Å². The Morgan fingerprint density at radius 1 is 1.18 bits per heavy atom. The predicted octanol–water partition coefficient (Wildman–Crippen LogP) is 5.51. The maximum Gasteiger partial charge on any atom is 0.435 e. The summed E-state index contributed by atoms with van der Waals surface area (Å²) >= 11 is 0. The van der Waals surface area contributed by atoms with Crippen molar-refractivity contribution in [3.63, 3.8) is 0 Å². The van der Waals surface area contributed by atoms with Crippen LogP contribution in [0, 0.1) is 6.92 Å². The molecule has 1 N–H and O–H groups in total. The molecule has 1 aromatic carbocycles. The first kappa shape index (κ1) is 27.0. The average molecular weight is 550 g/mol. The van der Waals surface area contributed by atoms with Gasteiger partial charge in [-0.2, -0.15) is 18.3 Å². The van der Waals surface area contributed by atoms with Gasteiger partial charge in [-0.1, -0.05) is 12.1 Å². The summed E-state index contributed by atoms with van der Waals surface area (Å²) in [6.45, 7) is 3.91. The predicted molar refractivity (Wildman–Crippen MR) is 141 cm³/mol. The van der Waals surface area contributed by atoms with Crippen molar-refractivity contribution in [1.82, 2.24) is 29.7 Å². The summed E-state index contributed by atoms with van der Waals surface area (Å²) < 4.78 is 45.4. The number of aromatic nitrogens is 6. The van der Waals surface area contributed by atoms with Crippen LogP contribution in [-0.4, -0.2) is 42.3 Å². The van der Waals surface area contributed by atoms with E-state index in [9.17, 15) is 18.0 Å². The van der Waals surface area contributed by atoms with Crippen molar-refractivity contribution >= 4 is 17.9 Å². The molecule has 0 radical (unpaired) electrons. The number of nitrogens with one attached hydrogen (secondary N) is 1. The highest BCUT2D eigenvalue weighted by molar-refractivity contribution is 5.88. The number of halogens is 3. The van der Waals surface area contributed by atoms with Gasteiger partial charge in [-0.05, 0) is 56.5 Å². The smallest absolute Gasteiger partial charge is 0.435 e. The maximum absolute atomic E-state index is 13.1. The lowest BCUT2D eigenvalue weighted by molar-refractivity contribution is -0.141. The molecule has 3 heterocycles. The molecule has 1 saturated carbocycles. The molecule has 1 aliphatic carbocycles. The van der Waals surface area contributed by atoms with Gasteiger partial charge in [0.25, 0.3) is 0 Å². The average Bonchev–Trinajstić information content (AvgIpc) is 3.71. The van der Waals surface area contributed by atoms with Gasteiger partial charge >= 0.3 is 12.1 Å². The minimum absolute atomic E-state index is 0.257. The van der Waals surface area contributed by atoms with Gasteiger partial charge in [-0.3, -0.25) is 0 Å². The van der Waals surface area contributed by atoms with Crippen LogP contribution in [0.1, 0.15) is 53.9 Å². The first-order valence-corrected chi connectivity index (χ1v) is 12.7. The number of esters is 1. The maximum atomic E-state index is 13.1. The number of hydrogen-bond donors (Lipinski definition) is 1. The standard InChI is InChI=1S/C28H26F3N7O2/c1-3-40-24(39)11-8-20-14-34-27(22-15-32-16-35-25(22)19-6-7-19)36-26(20)33-13-18-4-9-21(10-5-18)38-17(2)12-23(37-38)28(29,30)31/h4-5,8-12,14-16,19H,3,6-7,13H2,1-2H3,(H,33,34,36)/b11-8+. The van der Waals surface area contributed by atoms with E-state index in [-0.39, 0.29) is 6.61 Å². The second-order valence-electron chi connectivity index (χ2n) is 9.28. The van der Waals surface area contributed by atoms with Crippen molar-refractivity contribution in [1.29, 1.82) is 0 Å². The summed E-state index contributed by atoms with van der Waals surface area (Å²) in [5.41, 5.74) is 3.04. The van der Waals surface area contributed by atoms with Crippen LogP contribution in [0.25, 0.3) is 23.2 Å². The van der Waals surface area contributed by atoms with Crippen molar-refractivity contribution in [2.75, 3.05) is 11.9 Å². The highest BCUT2D eigenvalue weighted by atomic mass is 19.4. The SMILES string of the molecule is CCOC(=O)/C=C/c1cnc(-c2cncnc2C2CC2)nc1NCc1ccc(-n2nc(C(F)(F)F)cc2C)cc1. The van der Waals surface area contributed by atoms with E-state index in [1.165, 1.54) is 17.1 Å². The van der Waals surface area contributed by atoms with Crippen LogP contribution < -0.4 is 5.32 Å². The van der Waals surface area contributed by atoms with Crippen molar-refractivity contribution in [3.05, 3.63) is 83.3 Å². The van der Waals surface area contributed by atoms with Crippen LogP contribution in [0.15, 0.2) is 55.1 Å². The normalized spacial score (nSPS) is 13.5. The first-order valence-electron chi connectivity index (χ1n) is 12.7. The highest BCUT2D eigenvalue weighted by Gasteiger charge is 2.34. The third-order valence-corrected chi connectivity index (χ3v) is 6.27. The summed E-state index contributed by atoms with van der Waals surface area (Å²) in [5.74, 6) is 0.829. The van der Waals surface area contributed by atoms with Gasteiger partial charge < -0.3 is 10.1 Å². The fraction of sp³-hybridized carbons (Fsp3) is 0.286. The zero-order chi connectivity index (χ0) is 28.3. The van der Waals surface area contributed by atoms with E-state index in [4.69, 9.17) is 9.72 Å². The highest BCUT2D eigenvalue weighted by Crippen LogP contribution is 2.42. The fourth-order valence-electron chi connectivity index (χ4n) is 4.14. The Morgan fingerprint density at radius 2 is 1.95 bits per heavy atom. The number of carbonyl (C=O) groups excluding carboxylic acids is 1. The van der Waals surface area contributed by atoms with Crippen LogP contribution in [0.5, 0.6) is 0 Å². The molecule has 5 rings (SSSR count). The van der Waals surface area contributed by atoms with Gasteiger partial charge in [0.15, 0.2) is 11.5 Å². The van der Waals surface area contributed by atoms with Gasteiger partial charge in [0, 0.05) is 42.2 Å². The molecule has 40 heavy (non-hydrogen) atoms. The zero-order valence-electron chi connectivity index (χ0n) is 21.8. The molecule has 0 bridgehead atoms. The topological polar surface area (TPSA) is 108 Å². The first-order chi connectivity index (χ1) is 19.2. The molecule has 12 heteroatoms. The third kappa shape index (κ3) is 6.16. The molecule has 1 fully saturated rings. The van der Waals surface area contributed by atoms with Gasteiger partial charge in [0.1, 0.15) is 12.1 Å². The second kappa shape index (κ2) is 11.2. The van der Waals surface area contributed by atoms with E-state index >= 15 is 0 Å². The fourth-order valence-corrected chi connectivity index (χ4v) is 4.14. The number of rotatable bonds is 9. The van der Waals surface area contributed by atoms with Crippen molar-refractivity contribution in [2.24, 2.45) is 0 Å². The van der Waals surface area contributed by atoms with Crippen molar-refractivity contribution in [3.8, 4) is 17.1 Å². The van der Waals surface area contributed by atoms with E-state index in [0.717, 1.165) is 35.7 Å². The minimum Gasteiger partial charge on any atom is -0.463 e. The van der Waals surface area contributed by atoms with Crippen LogP contribution in [0.4, 0.5) is 19.0 Å². The number of ether oxygens (including phenoxy) is 1. The Kier molecular flexibility index (Phi) is 7.58. The molecule has 4 aromatic rings. The molecule has 0 spiro atoms. The van der Waals surface area contributed by atoms with Crippen LogP contribution in [0.2, 0.25) is 0 Å². The number of alkyl halides is 3. The van der Waals surface area contributed by atoms with Gasteiger partial charge in [0.05, 0.1) is 23.6 Å². The Hall–Kier alpha value is -4.61. The number of nitrogens with zero attached hydrogens (tertiary/aromatic N) is 6. The lowest BCUT2D eigenvalue weighted by Crippen LogP contribution is -2.08. The number of carbonyl (C=O) groups is 1. The van der Waals surface area contributed by atoms with Crippen molar-refractivity contribution < 1.29 is 22.7 Å². The summed E-state index contributed by atoms with van der Waals surface area (Å²) in [6, 6.07) is 8.01. The van der Waals surface area contributed by atoms with Crippen LogP contribution in [-0.2, 0) is 22.3 Å². The van der Waals surface area contributed by atoms with E-state index in [2.05, 4.69) is 25.4 Å². The van der Waals surface area contributed by atoms with E-state index in [1.807, 2.05) is 0 Å². The Morgan fingerprint density at radius 3 is 2.62 bits per heavy atom. The van der Waals surface area contributed by atoms with Gasteiger partial charge in [-0.25, -0.2) is 29.4 Å². The lowest BCUT2D eigenvalue weighted by atomic mass is 10.1. The summed E-state index contributed by atoms with van der Waals surface area (Å²) in [6.07, 6.45) is 5.33. The molecular weight excluding hydrogens is 523 g/mol. The largest absolute Gasteiger partial charge is 0.463 e. The van der Waals surface area contributed by atoms with Crippen LogP contribution >= 0.6 is 0 Å². The van der Waals surface area contributed by atoms with Gasteiger partial charge in [0.2, 0.25) is 0 Å². The monoisotopic (exact) mass is 549 g/mol. The lowest BCUT2D eigenvalue weighted by Gasteiger charge is -2.12. The quantitative estimate of drug-likeness (QED) is 0.215. The molecule has 206 valence electrons. The Bertz CT molecular complexity index is 1540. The molecule has 0 saturated heterocycles. The minimum atomic E-state index is -4.51. The van der Waals surface area contributed by atoms with E-state index in [0.29, 0.717) is 41.0 Å². The molecule has 0 atom stereocenters. The Balaban J connectivity index is 1.39. The number of hydrogen-bond acceptors (Lipinski definition) is 8. The molecule has 0 aliphatic heterocycles. The van der Waals surface area contributed by atoms with E-state index in [1.54, 1.807) is 56.6 Å².